The topological polar surface area (TPSA) is 83.4 Å². The van der Waals surface area contributed by atoms with Crippen molar-refractivity contribution in [1.82, 2.24) is 10.1 Å². The first-order chi connectivity index (χ1) is 11.5. The number of halogens is 2. The van der Waals surface area contributed by atoms with E-state index in [1.54, 1.807) is 26.4 Å². The molecule has 1 saturated carbocycles. The van der Waals surface area contributed by atoms with Gasteiger partial charge in [-0.2, -0.15) is 4.98 Å². The Morgan fingerprint density at radius 1 is 1.28 bits per heavy atom. The van der Waals surface area contributed by atoms with Crippen molar-refractivity contribution in [2.24, 2.45) is 5.73 Å². The molecule has 138 valence electrons. The minimum Gasteiger partial charge on any atom is -0.493 e. The molecule has 0 aliphatic heterocycles. The van der Waals surface area contributed by atoms with Crippen LogP contribution in [0.15, 0.2) is 16.7 Å². The summed E-state index contributed by atoms with van der Waals surface area (Å²) in [5, 5.41) is 4.53. The Hall–Kier alpha value is -1.50. The van der Waals surface area contributed by atoms with Crippen molar-refractivity contribution in [1.29, 1.82) is 0 Å². The van der Waals surface area contributed by atoms with Gasteiger partial charge in [-0.05, 0) is 31.9 Å². The minimum atomic E-state index is -0.322. The number of aromatic nitrogens is 2. The lowest BCUT2D eigenvalue weighted by molar-refractivity contribution is 0.223. The number of hydrogen-bond donors (Lipinski definition) is 1. The largest absolute Gasteiger partial charge is 0.493 e. The summed E-state index contributed by atoms with van der Waals surface area (Å²) in [4.78, 5) is 4.56. The fraction of sp³-hybridized carbons (Fsp3) is 0.529. The van der Waals surface area contributed by atoms with Gasteiger partial charge in [0.05, 0.1) is 25.2 Å². The maximum atomic E-state index is 6.42. The summed E-state index contributed by atoms with van der Waals surface area (Å²) in [6, 6.07) is 3.52. The molecule has 3 rings (SSSR count). The van der Waals surface area contributed by atoms with E-state index in [0.717, 1.165) is 25.7 Å². The average Bonchev–Trinajstić information content (AvgIpc) is 3.03. The molecule has 0 amide bonds. The molecule has 25 heavy (non-hydrogen) atoms. The van der Waals surface area contributed by atoms with Crippen molar-refractivity contribution in [2.75, 3.05) is 14.2 Å². The van der Waals surface area contributed by atoms with Crippen LogP contribution in [0.3, 0.4) is 0 Å². The Bertz CT molecular complexity index is 734. The summed E-state index contributed by atoms with van der Waals surface area (Å²) in [6.45, 7) is 2.05. The van der Waals surface area contributed by atoms with Crippen molar-refractivity contribution >= 4 is 24.0 Å². The Morgan fingerprint density at radius 3 is 2.68 bits per heavy atom. The van der Waals surface area contributed by atoms with Gasteiger partial charge in [0, 0.05) is 11.1 Å². The first kappa shape index (κ1) is 19.8. The smallest absolute Gasteiger partial charge is 0.231 e. The second-order valence-electron chi connectivity index (χ2n) is 6.45. The maximum Gasteiger partial charge on any atom is 0.231 e. The zero-order valence-electron chi connectivity index (χ0n) is 14.5. The van der Waals surface area contributed by atoms with Crippen LogP contribution >= 0.6 is 24.0 Å². The summed E-state index contributed by atoms with van der Waals surface area (Å²) >= 11 is 6.25. The Balaban J connectivity index is 0.00000225. The quantitative estimate of drug-likeness (QED) is 0.845. The van der Waals surface area contributed by atoms with Crippen molar-refractivity contribution in [3.63, 3.8) is 0 Å². The van der Waals surface area contributed by atoms with Crippen molar-refractivity contribution < 1.29 is 14.0 Å². The molecule has 2 atom stereocenters. The molecule has 1 aliphatic rings. The molecule has 1 aromatic heterocycles. The molecule has 0 bridgehead atoms. The third kappa shape index (κ3) is 3.86. The van der Waals surface area contributed by atoms with Crippen LogP contribution in [0.1, 0.15) is 44.4 Å². The van der Waals surface area contributed by atoms with Crippen LogP contribution in [0.25, 0.3) is 11.4 Å². The maximum absolute atomic E-state index is 6.42. The van der Waals surface area contributed by atoms with E-state index in [2.05, 4.69) is 10.1 Å². The van der Waals surface area contributed by atoms with Gasteiger partial charge < -0.3 is 19.7 Å². The van der Waals surface area contributed by atoms with E-state index >= 15 is 0 Å². The van der Waals surface area contributed by atoms with E-state index in [-0.39, 0.29) is 23.9 Å². The number of rotatable bonds is 4. The number of benzene rings is 1. The van der Waals surface area contributed by atoms with Crippen LogP contribution < -0.4 is 15.2 Å². The summed E-state index contributed by atoms with van der Waals surface area (Å²) in [5.41, 5.74) is 6.81. The van der Waals surface area contributed by atoms with Crippen molar-refractivity contribution in [3.8, 4) is 22.9 Å². The van der Waals surface area contributed by atoms with Gasteiger partial charge in [-0.1, -0.05) is 29.6 Å². The first-order valence-electron chi connectivity index (χ1n) is 8.00. The Morgan fingerprint density at radius 2 is 2.04 bits per heavy atom. The van der Waals surface area contributed by atoms with Gasteiger partial charge in [-0.25, -0.2) is 0 Å². The minimum absolute atomic E-state index is 0. The lowest BCUT2D eigenvalue weighted by atomic mass is 9.74. The van der Waals surface area contributed by atoms with Crippen LogP contribution in [-0.2, 0) is 0 Å². The third-order valence-electron chi connectivity index (χ3n) is 4.69. The highest BCUT2D eigenvalue weighted by molar-refractivity contribution is 6.32. The molecule has 1 heterocycles. The highest BCUT2D eigenvalue weighted by Crippen LogP contribution is 2.41. The molecule has 6 nitrogen and oxygen atoms in total. The van der Waals surface area contributed by atoms with E-state index in [0.29, 0.717) is 33.8 Å². The van der Waals surface area contributed by atoms with Crippen LogP contribution in [0.2, 0.25) is 5.02 Å². The number of ether oxygens (including phenoxy) is 2. The van der Waals surface area contributed by atoms with Gasteiger partial charge in [0.25, 0.3) is 0 Å². The van der Waals surface area contributed by atoms with E-state index in [1.165, 1.54) is 0 Å². The van der Waals surface area contributed by atoms with Crippen molar-refractivity contribution in [2.45, 2.75) is 44.1 Å². The summed E-state index contributed by atoms with van der Waals surface area (Å²) in [6.07, 6.45) is 4.17. The Labute approximate surface area is 158 Å². The van der Waals surface area contributed by atoms with Crippen LogP contribution in [-0.4, -0.2) is 29.9 Å². The van der Waals surface area contributed by atoms with E-state index < -0.39 is 0 Å². The van der Waals surface area contributed by atoms with Gasteiger partial charge in [-0.15, -0.1) is 12.4 Å². The summed E-state index contributed by atoms with van der Waals surface area (Å²) in [5.74, 6) is 2.12. The molecule has 1 fully saturated rings. The molecular formula is C17H23Cl2N3O3. The molecule has 2 unspecified atom stereocenters. The van der Waals surface area contributed by atoms with Gasteiger partial charge in [0.2, 0.25) is 11.7 Å². The van der Waals surface area contributed by atoms with Crippen LogP contribution in [0.5, 0.6) is 11.5 Å². The first-order valence-corrected chi connectivity index (χ1v) is 8.38. The molecule has 8 heteroatoms. The zero-order valence-corrected chi connectivity index (χ0v) is 16.1. The molecule has 0 radical (unpaired) electrons. The number of nitrogens with zero attached hydrogens (tertiary/aromatic N) is 2. The monoisotopic (exact) mass is 387 g/mol. The van der Waals surface area contributed by atoms with Gasteiger partial charge in [-0.3, -0.25) is 0 Å². The van der Waals surface area contributed by atoms with Gasteiger partial charge >= 0.3 is 0 Å². The second kappa shape index (κ2) is 7.81. The molecule has 2 N–H and O–H groups in total. The predicted octanol–water partition coefficient (Wildman–Crippen LogP) is 4.20. The SMILES string of the molecule is COc1cc(-c2noc(C3CCCCC3(C)N)n2)cc(Cl)c1OC.Cl. The fourth-order valence-electron chi connectivity index (χ4n) is 3.30. The molecule has 2 aromatic rings. The van der Waals surface area contributed by atoms with E-state index in [1.807, 2.05) is 6.92 Å². The van der Waals surface area contributed by atoms with E-state index in [9.17, 15) is 0 Å². The lowest BCUT2D eigenvalue weighted by Gasteiger charge is -2.35. The molecule has 0 spiro atoms. The molecule has 0 saturated heterocycles. The normalized spacial score (nSPS) is 23.0. The van der Waals surface area contributed by atoms with Gasteiger partial charge in [0.15, 0.2) is 11.5 Å². The average molecular weight is 388 g/mol. The molecule has 1 aliphatic carbocycles. The lowest BCUT2D eigenvalue weighted by Crippen LogP contribution is -2.44. The Kier molecular flexibility index (Phi) is 6.19. The summed E-state index contributed by atoms with van der Waals surface area (Å²) in [7, 11) is 3.10. The van der Waals surface area contributed by atoms with Crippen molar-refractivity contribution in [3.05, 3.63) is 23.0 Å². The number of methoxy groups -OCH3 is 2. The zero-order chi connectivity index (χ0) is 17.3. The van der Waals surface area contributed by atoms with Crippen LogP contribution in [0, 0.1) is 0 Å². The molecular weight excluding hydrogens is 365 g/mol. The third-order valence-corrected chi connectivity index (χ3v) is 4.97. The van der Waals surface area contributed by atoms with E-state index in [4.69, 9.17) is 31.3 Å². The number of hydrogen-bond acceptors (Lipinski definition) is 6. The number of nitrogens with two attached hydrogens (primary N) is 1. The highest BCUT2D eigenvalue weighted by atomic mass is 35.5. The predicted molar refractivity (Wildman–Crippen MR) is 98.9 cm³/mol. The molecule has 1 aromatic carbocycles. The standard InChI is InChI=1S/C17H22ClN3O3.ClH/c1-17(19)7-5-4-6-11(17)16-20-15(21-24-16)10-8-12(18)14(23-3)13(9-10)22-2;/h8-9,11H,4-7,19H2,1-3H3;1H. The van der Waals surface area contributed by atoms with Crippen LogP contribution in [0.4, 0.5) is 0 Å². The second-order valence-corrected chi connectivity index (χ2v) is 6.86. The summed E-state index contributed by atoms with van der Waals surface area (Å²) < 4.78 is 16.1. The highest BCUT2D eigenvalue weighted by Gasteiger charge is 2.37. The van der Waals surface area contributed by atoms with Gasteiger partial charge in [0.1, 0.15) is 0 Å². The fourth-order valence-corrected chi connectivity index (χ4v) is 3.59.